The zero-order valence-corrected chi connectivity index (χ0v) is 13.2. The minimum atomic E-state index is -0.442. The van der Waals surface area contributed by atoms with Gasteiger partial charge in [-0.05, 0) is 30.7 Å². The Bertz CT molecular complexity index is 663. The predicted octanol–water partition coefficient (Wildman–Crippen LogP) is 3.97. The Morgan fingerprint density at radius 2 is 2.10 bits per heavy atom. The van der Waals surface area contributed by atoms with Crippen molar-refractivity contribution < 1.29 is 4.92 Å². The molecule has 21 heavy (non-hydrogen) atoms. The van der Waals surface area contributed by atoms with Gasteiger partial charge in [0.25, 0.3) is 0 Å². The average Bonchev–Trinajstić information content (AvgIpc) is 2.46. The molecule has 1 atom stereocenters. The second-order valence-electron chi connectivity index (χ2n) is 4.49. The third-order valence-electron chi connectivity index (χ3n) is 3.03. The second-order valence-corrected chi connectivity index (χ2v) is 5.41. The maximum Gasteiger partial charge on any atom is 0.311 e. The molecule has 110 valence electrons. The number of nitrogens with zero attached hydrogens (tertiary/aromatic N) is 2. The van der Waals surface area contributed by atoms with E-state index >= 15 is 0 Å². The van der Waals surface area contributed by atoms with E-state index in [0.717, 1.165) is 10.0 Å². The Kier molecular flexibility index (Phi) is 4.74. The molecule has 0 spiro atoms. The van der Waals surface area contributed by atoms with Crippen molar-refractivity contribution in [3.05, 3.63) is 56.5 Å². The van der Waals surface area contributed by atoms with Gasteiger partial charge in [-0.15, -0.1) is 0 Å². The number of aromatic nitrogens is 1. The molecule has 0 aliphatic rings. The van der Waals surface area contributed by atoms with E-state index < -0.39 is 4.92 Å². The number of nitro groups is 1. The highest BCUT2D eigenvalue weighted by molar-refractivity contribution is 9.10. The van der Waals surface area contributed by atoms with Crippen molar-refractivity contribution in [2.24, 2.45) is 0 Å². The summed E-state index contributed by atoms with van der Waals surface area (Å²) >= 11 is 3.41. The molecule has 0 fully saturated rings. The van der Waals surface area contributed by atoms with Gasteiger partial charge in [-0.3, -0.25) is 10.1 Å². The third-order valence-corrected chi connectivity index (χ3v) is 3.52. The van der Waals surface area contributed by atoms with Crippen LogP contribution in [0.1, 0.15) is 18.5 Å². The predicted molar refractivity (Wildman–Crippen MR) is 86.6 cm³/mol. The molecular formula is C14H15BrN4O2. The molecule has 6 nitrogen and oxygen atoms in total. The maximum atomic E-state index is 11.1. The van der Waals surface area contributed by atoms with Crippen molar-refractivity contribution in [3.63, 3.8) is 0 Å². The van der Waals surface area contributed by atoms with E-state index in [0.29, 0.717) is 5.82 Å². The van der Waals surface area contributed by atoms with Crippen LogP contribution in [-0.2, 0) is 0 Å². The van der Waals surface area contributed by atoms with E-state index in [-0.39, 0.29) is 17.5 Å². The van der Waals surface area contributed by atoms with Gasteiger partial charge in [0.15, 0.2) is 0 Å². The number of halogens is 1. The van der Waals surface area contributed by atoms with Crippen LogP contribution < -0.4 is 10.6 Å². The monoisotopic (exact) mass is 350 g/mol. The van der Waals surface area contributed by atoms with Crippen LogP contribution in [0.15, 0.2) is 40.9 Å². The third kappa shape index (κ3) is 3.69. The van der Waals surface area contributed by atoms with Gasteiger partial charge < -0.3 is 10.6 Å². The summed E-state index contributed by atoms with van der Waals surface area (Å²) in [6.45, 7) is 1.93. The highest BCUT2D eigenvalue weighted by Gasteiger charge is 2.18. The molecule has 0 saturated heterocycles. The minimum Gasteiger partial charge on any atom is -0.373 e. The molecule has 1 aromatic carbocycles. The fourth-order valence-electron chi connectivity index (χ4n) is 1.91. The zero-order chi connectivity index (χ0) is 15.4. The van der Waals surface area contributed by atoms with Crippen LogP contribution in [0, 0.1) is 10.1 Å². The van der Waals surface area contributed by atoms with Crippen molar-refractivity contribution in [3.8, 4) is 0 Å². The van der Waals surface area contributed by atoms with E-state index in [2.05, 4.69) is 31.5 Å². The first kappa shape index (κ1) is 15.2. The summed E-state index contributed by atoms with van der Waals surface area (Å²) in [5.41, 5.74) is 0.964. The van der Waals surface area contributed by atoms with Crippen LogP contribution in [0.25, 0.3) is 0 Å². The van der Waals surface area contributed by atoms with Crippen molar-refractivity contribution in [2.75, 3.05) is 17.7 Å². The number of rotatable bonds is 5. The number of nitrogens with one attached hydrogen (secondary N) is 2. The maximum absolute atomic E-state index is 11.1. The Labute approximate surface area is 130 Å². The molecule has 1 aromatic heterocycles. The summed E-state index contributed by atoms with van der Waals surface area (Å²) in [6, 6.07) is 10.7. The summed E-state index contributed by atoms with van der Waals surface area (Å²) in [7, 11) is 1.72. The van der Waals surface area contributed by atoms with Crippen LogP contribution in [0.4, 0.5) is 17.3 Å². The molecule has 0 aliphatic heterocycles. The Morgan fingerprint density at radius 3 is 2.71 bits per heavy atom. The van der Waals surface area contributed by atoms with Crippen LogP contribution >= 0.6 is 15.9 Å². The summed E-state index contributed by atoms with van der Waals surface area (Å²) in [4.78, 5) is 14.9. The van der Waals surface area contributed by atoms with Crippen molar-refractivity contribution in [1.82, 2.24) is 4.98 Å². The lowest BCUT2D eigenvalue weighted by Crippen LogP contribution is -2.10. The number of hydrogen-bond donors (Lipinski definition) is 2. The van der Waals surface area contributed by atoms with E-state index in [4.69, 9.17) is 0 Å². The lowest BCUT2D eigenvalue weighted by atomic mass is 10.1. The minimum absolute atomic E-state index is 0.0455. The Morgan fingerprint density at radius 1 is 1.33 bits per heavy atom. The lowest BCUT2D eigenvalue weighted by molar-refractivity contribution is -0.384. The Hall–Kier alpha value is -2.15. The van der Waals surface area contributed by atoms with Gasteiger partial charge in [-0.1, -0.05) is 28.1 Å². The van der Waals surface area contributed by atoms with Gasteiger partial charge in [-0.25, -0.2) is 4.98 Å². The molecule has 0 saturated carbocycles. The highest BCUT2D eigenvalue weighted by Crippen LogP contribution is 2.28. The molecule has 0 amide bonds. The molecule has 2 N–H and O–H groups in total. The quantitative estimate of drug-likeness (QED) is 0.629. The standard InChI is InChI=1S/C14H15BrN4O2/c1-9(10-4-3-5-11(15)8-10)17-14-12(19(20)21)6-7-13(16-2)18-14/h3-9H,1-2H3,(H2,16,17,18). The molecule has 7 heteroatoms. The molecule has 0 bridgehead atoms. The topological polar surface area (TPSA) is 80.1 Å². The number of benzene rings is 1. The number of pyridine rings is 1. The molecule has 2 aromatic rings. The van der Waals surface area contributed by atoms with Crippen molar-refractivity contribution in [1.29, 1.82) is 0 Å². The smallest absolute Gasteiger partial charge is 0.311 e. The van der Waals surface area contributed by atoms with Crippen LogP contribution in [0.3, 0.4) is 0 Å². The van der Waals surface area contributed by atoms with Gasteiger partial charge in [-0.2, -0.15) is 0 Å². The molecule has 2 rings (SSSR count). The number of anilines is 2. The van der Waals surface area contributed by atoms with Gasteiger partial charge in [0, 0.05) is 17.6 Å². The van der Waals surface area contributed by atoms with Gasteiger partial charge in [0.2, 0.25) is 5.82 Å². The molecule has 1 heterocycles. The number of hydrogen-bond acceptors (Lipinski definition) is 5. The fraction of sp³-hybridized carbons (Fsp3) is 0.214. The summed E-state index contributed by atoms with van der Waals surface area (Å²) < 4.78 is 0.958. The summed E-state index contributed by atoms with van der Waals surface area (Å²) in [5, 5.41) is 17.1. The molecule has 1 unspecified atom stereocenters. The Balaban J connectivity index is 2.31. The second kappa shape index (κ2) is 6.53. The first-order valence-electron chi connectivity index (χ1n) is 6.36. The summed E-state index contributed by atoms with van der Waals surface area (Å²) in [5.74, 6) is 0.823. The van der Waals surface area contributed by atoms with Crippen LogP contribution in [-0.4, -0.2) is 17.0 Å². The van der Waals surface area contributed by atoms with E-state index in [1.807, 2.05) is 31.2 Å². The van der Waals surface area contributed by atoms with Crippen LogP contribution in [0.2, 0.25) is 0 Å². The van der Waals surface area contributed by atoms with Gasteiger partial charge in [0.1, 0.15) is 5.82 Å². The SMILES string of the molecule is CNc1ccc([N+](=O)[O-])c(NC(C)c2cccc(Br)c2)n1. The van der Waals surface area contributed by atoms with Crippen molar-refractivity contribution >= 4 is 33.3 Å². The average molecular weight is 351 g/mol. The van der Waals surface area contributed by atoms with Gasteiger partial charge >= 0.3 is 5.69 Å². The van der Waals surface area contributed by atoms with Gasteiger partial charge in [0.05, 0.1) is 11.0 Å². The van der Waals surface area contributed by atoms with Crippen molar-refractivity contribution in [2.45, 2.75) is 13.0 Å². The normalized spacial score (nSPS) is 11.8. The van der Waals surface area contributed by atoms with Crippen LogP contribution in [0.5, 0.6) is 0 Å². The fourth-order valence-corrected chi connectivity index (χ4v) is 2.33. The van der Waals surface area contributed by atoms with E-state index in [9.17, 15) is 10.1 Å². The first-order valence-corrected chi connectivity index (χ1v) is 7.15. The van der Waals surface area contributed by atoms with E-state index in [1.54, 1.807) is 13.1 Å². The molecule has 0 aliphatic carbocycles. The highest BCUT2D eigenvalue weighted by atomic mass is 79.9. The lowest BCUT2D eigenvalue weighted by Gasteiger charge is -2.16. The largest absolute Gasteiger partial charge is 0.373 e. The molecule has 0 radical (unpaired) electrons. The van der Waals surface area contributed by atoms with E-state index in [1.165, 1.54) is 6.07 Å². The summed E-state index contributed by atoms with van der Waals surface area (Å²) in [6.07, 6.45) is 0. The molecular weight excluding hydrogens is 336 g/mol. The zero-order valence-electron chi connectivity index (χ0n) is 11.6. The first-order chi connectivity index (χ1) is 10.0.